The molecule has 0 saturated heterocycles. The van der Waals surface area contributed by atoms with E-state index in [4.69, 9.17) is 32.5 Å². The van der Waals surface area contributed by atoms with E-state index in [9.17, 15) is 14.4 Å². The minimum Gasteiger partial charge on any atom is -0.422 e. The minimum atomic E-state index is -0.910. The molecule has 2 aliphatic carbocycles. The second kappa shape index (κ2) is 8.46. The van der Waals surface area contributed by atoms with Crippen LogP contribution < -0.4 is 10.9 Å². The summed E-state index contributed by atoms with van der Waals surface area (Å²) < 4.78 is 5.23. The predicted octanol–water partition coefficient (Wildman–Crippen LogP) is 6.47. The van der Waals surface area contributed by atoms with Gasteiger partial charge in [0.1, 0.15) is 11.1 Å². The summed E-state index contributed by atoms with van der Waals surface area (Å²) in [7, 11) is 0. The summed E-state index contributed by atoms with van der Waals surface area (Å²) in [6, 6.07) is 13.3. The molecule has 0 spiro atoms. The molecule has 2 fully saturated rings. The van der Waals surface area contributed by atoms with Crippen LogP contribution in [-0.2, 0) is 9.63 Å². The fourth-order valence-electron chi connectivity index (χ4n) is 5.72. The largest absolute Gasteiger partial charge is 0.422 e. The number of anilines is 1. The van der Waals surface area contributed by atoms with Crippen molar-refractivity contribution in [3.63, 3.8) is 0 Å². The average molecular weight is 527 g/mol. The van der Waals surface area contributed by atoms with Gasteiger partial charge in [-0.15, -0.1) is 0 Å². The molecule has 2 aromatic carbocycles. The molecule has 186 valence electrons. The van der Waals surface area contributed by atoms with Crippen molar-refractivity contribution in [3.8, 4) is 0 Å². The van der Waals surface area contributed by atoms with Gasteiger partial charge in [0.25, 0.3) is 0 Å². The SMILES string of the molecule is CC12CCC(C(=O)Nc3c(Cl)cccc3Cl)(C/C1=N\OC(=O)c1cc3ccccc3oc1=O)C2(C)C. The van der Waals surface area contributed by atoms with E-state index >= 15 is 0 Å². The van der Waals surface area contributed by atoms with Crippen LogP contribution >= 0.6 is 23.2 Å². The Morgan fingerprint density at radius 3 is 2.44 bits per heavy atom. The molecule has 36 heavy (non-hydrogen) atoms. The average Bonchev–Trinajstić information content (AvgIpc) is 3.15. The Hall–Kier alpha value is -3.16. The van der Waals surface area contributed by atoms with Gasteiger partial charge in [0, 0.05) is 17.2 Å². The third-order valence-electron chi connectivity index (χ3n) is 8.47. The Morgan fingerprint density at radius 1 is 1.03 bits per heavy atom. The van der Waals surface area contributed by atoms with Gasteiger partial charge in [-0.1, -0.05) is 73.4 Å². The number of benzene rings is 2. The topological polar surface area (TPSA) is 98.0 Å². The first-order chi connectivity index (χ1) is 17.0. The van der Waals surface area contributed by atoms with Crippen molar-refractivity contribution in [1.29, 1.82) is 0 Å². The maximum atomic E-state index is 13.7. The molecule has 1 aromatic heterocycles. The lowest BCUT2D eigenvalue weighted by Crippen LogP contribution is -2.43. The second-order valence-corrected chi connectivity index (χ2v) is 11.0. The third-order valence-corrected chi connectivity index (χ3v) is 9.10. The first-order valence-corrected chi connectivity index (χ1v) is 12.3. The van der Waals surface area contributed by atoms with E-state index in [2.05, 4.69) is 10.5 Å². The highest BCUT2D eigenvalue weighted by Crippen LogP contribution is 2.71. The van der Waals surface area contributed by atoms with E-state index in [0.717, 1.165) is 0 Å². The van der Waals surface area contributed by atoms with Gasteiger partial charge >= 0.3 is 11.6 Å². The van der Waals surface area contributed by atoms with Gasteiger partial charge in [0.2, 0.25) is 5.91 Å². The van der Waals surface area contributed by atoms with Crippen LogP contribution in [0.2, 0.25) is 10.0 Å². The lowest BCUT2D eigenvalue weighted by molar-refractivity contribution is -0.130. The number of oxime groups is 1. The molecule has 2 aliphatic rings. The number of amides is 1. The highest BCUT2D eigenvalue weighted by molar-refractivity contribution is 6.39. The summed E-state index contributed by atoms with van der Waals surface area (Å²) in [6.07, 6.45) is 1.60. The van der Waals surface area contributed by atoms with Crippen molar-refractivity contribution in [2.75, 3.05) is 5.32 Å². The zero-order chi connectivity index (χ0) is 25.9. The van der Waals surface area contributed by atoms with Gasteiger partial charge in [0.15, 0.2) is 0 Å². The van der Waals surface area contributed by atoms with E-state index in [1.807, 2.05) is 20.8 Å². The Bertz CT molecular complexity index is 1490. The lowest BCUT2D eigenvalue weighted by Gasteiger charge is -2.39. The number of halogens is 2. The van der Waals surface area contributed by atoms with Crippen LogP contribution in [0.3, 0.4) is 0 Å². The predicted molar refractivity (Wildman–Crippen MR) is 139 cm³/mol. The summed E-state index contributed by atoms with van der Waals surface area (Å²) in [5.41, 5.74) is -1.52. The van der Waals surface area contributed by atoms with E-state index in [0.29, 0.717) is 51.7 Å². The maximum Gasteiger partial charge on any atom is 0.373 e. The van der Waals surface area contributed by atoms with E-state index < -0.39 is 27.8 Å². The van der Waals surface area contributed by atoms with Crippen LogP contribution in [0.5, 0.6) is 0 Å². The van der Waals surface area contributed by atoms with Crippen molar-refractivity contribution >= 4 is 57.4 Å². The lowest BCUT2D eigenvalue weighted by atomic mass is 9.64. The number of fused-ring (bicyclic) bond motifs is 3. The Kier molecular flexibility index (Phi) is 5.76. The highest BCUT2D eigenvalue weighted by Gasteiger charge is 2.71. The van der Waals surface area contributed by atoms with Gasteiger partial charge in [-0.2, -0.15) is 0 Å². The van der Waals surface area contributed by atoms with E-state index in [1.165, 1.54) is 6.07 Å². The standard InChI is InChI=1S/C27H24Cl2N2O5/c1-25(2)26(3)11-12-27(25,24(34)30-21-17(28)8-6-9-18(21)29)14-20(26)31-36-23(33)16-13-15-7-4-5-10-19(15)35-22(16)32/h4-10,13H,11-12,14H2,1-3H3,(H,30,34)/b31-20+. The summed E-state index contributed by atoms with van der Waals surface area (Å²) in [5, 5.41) is 8.41. The molecule has 1 N–H and O–H groups in total. The van der Waals surface area contributed by atoms with Crippen molar-refractivity contribution in [3.05, 3.63) is 74.6 Å². The molecule has 3 aromatic rings. The van der Waals surface area contributed by atoms with Gasteiger partial charge < -0.3 is 14.6 Å². The second-order valence-electron chi connectivity index (χ2n) is 10.2. The van der Waals surface area contributed by atoms with Crippen LogP contribution in [0.25, 0.3) is 11.0 Å². The Balaban J connectivity index is 1.43. The van der Waals surface area contributed by atoms with Crippen LogP contribution in [0.4, 0.5) is 5.69 Å². The summed E-state index contributed by atoms with van der Waals surface area (Å²) in [4.78, 5) is 44.0. The third kappa shape index (κ3) is 3.48. The normalized spacial score (nSPS) is 25.3. The number of hydrogen-bond acceptors (Lipinski definition) is 6. The number of nitrogens with zero attached hydrogens (tertiary/aromatic N) is 1. The molecule has 0 radical (unpaired) electrons. The zero-order valence-electron chi connectivity index (χ0n) is 20.0. The van der Waals surface area contributed by atoms with Gasteiger partial charge in [0.05, 0.1) is 26.9 Å². The van der Waals surface area contributed by atoms with Crippen molar-refractivity contribution in [1.82, 2.24) is 0 Å². The van der Waals surface area contributed by atoms with Crippen LogP contribution in [0, 0.1) is 16.2 Å². The summed E-state index contributed by atoms with van der Waals surface area (Å²) >= 11 is 12.6. The van der Waals surface area contributed by atoms with Crippen LogP contribution in [-0.4, -0.2) is 17.6 Å². The van der Waals surface area contributed by atoms with Crippen molar-refractivity contribution < 1.29 is 18.8 Å². The smallest absolute Gasteiger partial charge is 0.373 e. The number of rotatable bonds is 4. The molecule has 0 aliphatic heterocycles. The Labute approximate surface area is 217 Å². The fraction of sp³-hybridized carbons (Fsp3) is 0.333. The molecule has 1 amide bonds. The number of carbonyl (C=O) groups is 2. The first-order valence-electron chi connectivity index (χ1n) is 11.6. The fourth-order valence-corrected chi connectivity index (χ4v) is 6.21. The van der Waals surface area contributed by atoms with Crippen LogP contribution in [0.15, 0.2) is 62.9 Å². The molecule has 1 heterocycles. The van der Waals surface area contributed by atoms with Crippen LogP contribution in [0.1, 0.15) is 50.4 Å². The molecule has 7 nitrogen and oxygen atoms in total. The molecule has 2 saturated carbocycles. The monoisotopic (exact) mass is 526 g/mol. The molecule has 2 atom stereocenters. The molecule has 2 bridgehead atoms. The number of nitrogens with one attached hydrogen (secondary N) is 1. The summed E-state index contributed by atoms with van der Waals surface area (Å²) in [5.74, 6) is -1.12. The van der Waals surface area contributed by atoms with Gasteiger partial charge in [-0.25, -0.2) is 9.59 Å². The van der Waals surface area contributed by atoms with E-state index in [-0.39, 0.29) is 11.5 Å². The van der Waals surface area contributed by atoms with E-state index in [1.54, 1.807) is 42.5 Å². The summed E-state index contributed by atoms with van der Waals surface area (Å²) in [6.45, 7) is 6.07. The highest BCUT2D eigenvalue weighted by atomic mass is 35.5. The minimum absolute atomic E-state index is 0.210. The molecule has 9 heteroatoms. The van der Waals surface area contributed by atoms with Crippen molar-refractivity contribution in [2.45, 2.75) is 40.0 Å². The number of hydrogen-bond donors (Lipinski definition) is 1. The maximum absolute atomic E-state index is 13.7. The van der Waals surface area contributed by atoms with Crippen molar-refractivity contribution in [2.24, 2.45) is 21.4 Å². The van der Waals surface area contributed by atoms with Gasteiger partial charge in [-0.05, 0) is 42.5 Å². The zero-order valence-corrected chi connectivity index (χ0v) is 21.5. The number of carbonyl (C=O) groups excluding carboxylic acids is 2. The quantitative estimate of drug-likeness (QED) is 0.238. The van der Waals surface area contributed by atoms with Gasteiger partial charge in [-0.3, -0.25) is 4.79 Å². The number of para-hydroxylation sites is 2. The molecular formula is C27H24Cl2N2O5. The molecule has 2 unspecified atom stereocenters. The molecule has 5 rings (SSSR count). The molecular weight excluding hydrogens is 503 g/mol. The first kappa shape index (κ1) is 24.5. The Morgan fingerprint density at radius 2 is 1.72 bits per heavy atom.